The average molecular weight is 354 g/mol. The van der Waals surface area contributed by atoms with Gasteiger partial charge in [0.2, 0.25) is 0 Å². The number of aromatic nitrogens is 9. The van der Waals surface area contributed by atoms with Gasteiger partial charge in [0.1, 0.15) is 30.1 Å². The van der Waals surface area contributed by atoms with Crippen LogP contribution in [-0.2, 0) is 0 Å². The molecule has 0 bridgehead atoms. The molecule has 6 aromatic heterocycles. The monoisotopic (exact) mass is 354 g/mol. The Kier molecular flexibility index (Phi) is 2.70. The number of H-pyrrole nitrogens is 1. The molecule has 0 aromatic carbocycles. The molecule has 0 aliphatic rings. The molecule has 0 aliphatic heterocycles. The van der Waals surface area contributed by atoms with Gasteiger partial charge in [0.25, 0.3) is 5.65 Å². The minimum Gasteiger partial charge on any atom is -0.335 e. The van der Waals surface area contributed by atoms with E-state index in [1.54, 1.807) is 16.9 Å². The number of pyridine rings is 2. The molecule has 0 saturated carbocycles. The zero-order valence-corrected chi connectivity index (χ0v) is 13.9. The molecule has 0 radical (unpaired) electrons. The van der Waals surface area contributed by atoms with Gasteiger partial charge in [0, 0.05) is 30.2 Å². The lowest BCUT2D eigenvalue weighted by molar-refractivity contribution is -0.597. The van der Waals surface area contributed by atoms with Crippen LogP contribution in [0.3, 0.4) is 0 Å². The Bertz CT molecular complexity index is 1410. The minimum atomic E-state index is 0.779. The van der Waals surface area contributed by atoms with Crippen LogP contribution in [-0.4, -0.2) is 38.9 Å². The van der Waals surface area contributed by atoms with E-state index in [9.17, 15) is 0 Å². The van der Waals surface area contributed by atoms with Crippen LogP contribution < -0.4 is 4.57 Å². The Hall–Kier alpha value is -4.14. The predicted molar refractivity (Wildman–Crippen MR) is 96.2 cm³/mol. The number of imidazole rings is 2. The van der Waals surface area contributed by atoms with Crippen LogP contribution in [0.1, 0.15) is 0 Å². The van der Waals surface area contributed by atoms with Crippen LogP contribution in [0, 0.1) is 0 Å². The van der Waals surface area contributed by atoms with E-state index in [0.29, 0.717) is 0 Å². The Morgan fingerprint density at radius 3 is 3.04 bits per heavy atom. The van der Waals surface area contributed by atoms with Crippen molar-refractivity contribution in [3.63, 3.8) is 0 Å². The highest BCUT2D eigenvalue weighted by atomic mass is 15.3. The van der Waals surface area contributed by atoms with E-state index in [2.05, 4.69) is 30.0 Å². The highest BCUT2D eigenvalue weighted by Crippen LogP contribution is 2.20. The third-order valence-corrected chi connectivity index (χ3v) is 4.49. The number of nitrogens with zero attached hydrogens (tertiary/aromatic N) is 8. The number of hydrogen-bond donors (Lipinski definition) is 1. The first kappa shape index (κ1) is 14.1. The quantitative estimate of drug-likeness (QED) is 0.477. The summed E-state index contributed by atoms with van der Waals surface area (Å²) in [6.45, 7) is 0. The summed E-state index contributed by atoms with van der Waals surface area (Å²) in [7, 11) is 0. The van der Waals surface area contributed by atoms with E-state index in [-0.39, 0.29) is 0 Å². The van der Waals surface area contributed by atoms with E-state index in [1.165, 1.54) is 6.33 Å². The summed E-state index contributed by atoms with van der Waals surface area (Å²) >= 11 is 0. The van der Waals surface area contributed by atoms with Gasteiger partial charge in [-0.25, -0.2) is 14.5 Å². The zero-order chi connectivity index (χ0) is 17.8. The maximum absolute atomic E-state index is 4.69. The van der Waals surface area contributed by atoms with E-state index in [1.807, 2.05) is 58.2 Å². The lowest BCUT2D eigenvalue weighted by atomic mass is 10.2. The highest BCUT2D eigenvalue weighted by Gasteiger charge is 2.15. The lowest BCUT2D eigenvalue weighted by Gasteiger charge is -1.96. The van der Waals surface area contributed by atoms with Crippen LogP contribution in [0.2, 0.25) is 0 Å². The van der Waals surface area contributed by atoms with Crippen molar-refractivity contribution >= 4 is 22.3 Å². The van der Waals surface area contributed by atoms with Crippen LogP contribution in [0.15, 0.2) is 67.9 Å². The summed E-state index contributed by atoms with van der Waals surface area (Å²) in [6.07, 6.45) is 14.6. The summed E-state index contributed by atoms with van der Waals surface area (Å²) in [4.78, 5) is 21.0. The molecule has 0 fully saturated rings. The Balaban J connectivity index is 1.46. The predicted octanol–water partition coefficient (Wildman–Crippen LogP) is 1.59. The molecule has 6 aromatic rings. The SMILES string of the molecule is c1cn2cc(-[n+]3ccc4nc(-c5ccn6ncnc6c5)[nH]c4c3)nc2cn1. The molecular weight excluding hydrogens is 342 g/mol. The maximum Gasteiger partial charge on any atom is 0.347 e. The van der Waals surface area contributed by atoms with Crippen LogP contribution in [0.5, 0.6) is 0 Å². The van der Waals surface area contributed by atoms with Gasteiger partial charge in [0.15, 0.2) is 5.65 Å². The number of hydrogen-bond acceptors (Lipinski definition) is 5. The number of aromatic amines is 1. The van der Waals surface area contributed by atoms with Crippen LogP contribution >= 0.6 is 0 Å². The molecule has 9 nitrogen and oxygen atoms in total. The molecule has 0 spiro atoms. The Morgan fingerprint density at radius 2 is 2.07 bits per heavy atom. The maximum atomic E-state index is 4.69. The zero-order valence-electron chi connectivity index (χ0n) is 13.9. The fraction of sp³-hybridized carbons (Fsp3) is 0. The topological polar surface area (TPSA) is 92.9 Å². The van der Waals surface area contributed by atoms with Gasteiger partial charge >= 0.3 is 5.82 Å². The van der Waals surface area contributed by atoms with Crippen molar-refractivity contribution in [2.45, 2.75) is 0 Å². The molecule has 0 atom stereocenters. The molecule has 6 heterocycles. The third kappa shape index (κ3) is 2.18. The lowest BCUT2D eigenvalue weighted by Crippen LogP contribution is -2.29. The van der Waals surface area contributed by atoms with Gasteiger partial charge in [-0.3, -0.25) is 9.38 Å². The van der Waals surface area contributed by atoms with Crippen molar-refractivity contribution in [1.29, 1.82) is 0 Å². The van der Waals surface area contributed by atoms with Crippen molar-refractivity contribution < 1.29 is 4.57 Å². The second-order valence-electron chi connectivity index (χ2n) is 6.16. The molecular formula is C18H12N9+. The first-order valence-electron chi connectivity index (χ1n) is 8.33. The van der Waals surface area contributed by atoms with E-state index in [4.69, 9.17) is 0 Å². The number of rotatable bonds is 2. The Morgan fingerprint density at radius 1 is 1.07 bits per heavy atom. The second kappa shape index (κ2) is 5.18. The molecule has 128 valence electrons. The van der Waals surface area contributed by atoms with Gasteiger partial charge in [0.05, 0.1) is 17.9 Å². The van der Waals surface area contributed by atoms with Crippen LogP contribution in [0.4, 0.5) is 0 Å². The molecule has 9 heteroatoms. The van der Waals surface area contributed by atoms with Gasteiger partial charge in [-0.15, -0.1) is 0 Å². The molecule has 0 unspecified atom stereocenters. The normalized spacial score (nSPS) is 11.7. The molecule has 0 amide bonds. The van der Waals surface area contributed by atoms with E-state index >= 15 is 0 Å². The van der Waals surface area contributed by atoms with E-state index < -0.39 is 0 Å². The summed E-state index contributed by atoms with van der Waals surface area (Å²) in [5.41, 5.74) is 4.34. The molecule has 27 heavy (non-hydrogen) atoms. The smallest absolute Gasteiger partial charge is 0.335 e. The number of fused-ring (bicyclic) bond motifs is 3. The van der Waals surface area contributed by atoms with Crippen molar-refractivity contribution in [3.8, 4) is 17.2 Å². The van der Waals surface area contributed by atoms with Crippen molar-refractivity contribution in [1.82, 2.24) is 38.9 Å². The highest BCUT2D eigenvalue weighted by molar-refractivity contribution is 5.78. The van der Waals surface area contributed by atoms with Gasteiger partial charge in [-0.1, -0.05) is 0 Å². The fourth-order valence-corrected chi connectivity index (χ4v) is 3.15. The fourth-order valence-electron chi connectivity index (χ4n) is 3.15. The first-order valence-corrected chi connectivity index (χ1v) is 8.33. The van der Waals surface area contributed by atoms with Crippen molar-refractivity contribution in [3.05, 3.63) is 67.9 Å². The minimum absolute atomic E-state index is 0.779. The Labute approximate surface area is 151 Å². The van der Waals surface area contributed by atoms with Crippen molar-refractivity contribution in [2.75, 3.05) is 0 Å². The molecule has 0 saturated heterocycles. The van der Waals surface area contributed by atoms with Gasteiger partial charge < -0.3 is 4.98 Å². The standard InChI is InChI=1S/C18H11N9/c1-5-27-15(20-11-21-27)7-12(1)18-22-13-2-4-25(9-14(13)23-18)17-10-26-6-3-19-8-16(26)24-17/h1-11H/p+1. The summed E-state index contributed by atoms with van der Waals surface area (Å²) in [5.74, 6) is 1.60. The van der Waals surface area contributed by atoms with Gasteiger partial charge in [-0.2, -0.15) is 9.67 Å². The first-order chi connectivity index (χ1) is 13.3. The summed E-state index contributed by atoms with van der Waals surface area (Å²) in [5, 5.41) is 4.12. The van der Waals surface area contributed by atoms with Crippen LogP contribution in [0.25, 0.3) is 39.5 Å². The number of nitrogens with one attached hydrogen (secondary N) is 1. The summed E-state index contributed by atoms with van der Waals surface area (Å²) in [6, 6.07) is 5.88. The molecule has 1 N–H and O–H groups in total. The largest absolute Gasteiger partial charge is 0.347 e. The average Bonchev–Trinajstić information content (AvgIpc) is 3.42. The molecule has 0 aliphatic carbocycles. The summed E-state index contributed by atoms with van der Waals surface area (Å²) < 4.78 is 5.61. The van der Waals surface area contributed by atoms with E-state index in [0.717, 1.165) is 39.5 Å². The molecule has 6 rings (SSSR count). The van der Waals surface area contributed by atoms with Crippen molar-refractivity contribution in [2.24, 2.45) is 0 Å². The van der Waals surface area contributed by atoms with Gasteiger partial charge in [-0.05, 0) is 17.1 Å². The second-order valence-corrected chi connectivity index (χ2v) is 6.16. The third-order valence-electron chi connectivity index (χ3n) is 4.49.